The number of nitrogens with zero attached hydrogens (tertiary/aromatic N) is 1. The fourth-order valence-electron chi connectivity index (χ4n) is 7.74. The Hall–Kier alpha value is -2.44. The molecule has 370 valence electrons. The van der Waals surface area contributed by atoms with Crippen molar-refractivity contribution in [2.45, 2.75) is 226 Å². The fourth-order valence-corrected chi connectivity index (χ4v) is 7.74. The minimum absolute atomic E-state index is 0.0563. The van der Waals surface area contributed by atoms with E-state index in [4.69, 9.17) is 33.2 Å². The molecule has 2 unspecified atom stereocenters. The predicted octanol–water partition coefficient (Wildman–Crippen LogP) is 12.5. The van der Waals surface area contributed by atoms with Crippen molar-refractivity contribution < 1.29 is 52.3 Å². The molecule has 0 N–H and O–H groups in total. The molecule has 1 heterocycles. The maximum atomic E-state index is 13.0. The maximum absolute atomic E-state index is 13.0. The summed E-state index contributed by atoms with van der Waals surface area (Å²) in [5, 5.41) is 0. The van der Waals surface area contributed by atoms with E-state index in [1.807, 2.05) is 0 Å². The minimum Gasteiger partial charge on any atom is -0.466 e. The van der Waals surface area contributed by atoms with Crippen LogP contribution in [-0.2, 0) is 47.5 Å². The highest BCUT2D eigenvalue weighted by atomic mass is 16.7. The van der Waals surface area contributed by atoms with Gasteiger partial charge in [-0.25, -0.2) is 4.79 Å². The van der Waals surface area contributed by atoms with Crippen LogP contribution in [0.2, 0.25) is 0 Å². The Kier molecular flexibility index (Phi) is 40.4. The third-order valence-electron chi connectivity index (χ3n) is 11.8. The quantitative estimate of drug-likeness (QED) is 0.0249. The van der Waals surface area contributed by atoms with Gasteiger partial charge in [-0.15, -0.1) is 0 Å². The molecule has 2 atom stereocenters. The summed E-state index contributed by atoms with van der Waals surface area (Å²) in [7, 11) is 2.06. The lowest BCUT2D eigenvalue weighted by Crippen LogP contribution is -2.35. The van der Waals surface area contributed by atoms with Crippen LogP contribution in [0.4, 0.5) is 4.79 Å². The van der Waals surface area contributed by atoms with Gasteiger partial charge in [-0.2, -0.15) is 0 Å². The van der Waals surface area contributed by atoms with Crippen LogP contribution >= 0.6 is 0 Å². The number of carbonyl (C=O) groups excluding carboxylic acids is 4. The normalized spacial score (nSPS) is 14.7. The highest BCUT2D eigenvalue weighted by Gasteiger charge is 2.22. The van der Waals surface area contributed by atoms with Crippen molar-refractivity contribution in [3.63, 3.8) is 0 Å². The highest BCUT2D eigenvalue weighted by Crippen LogP contribution is 2.17. The summed E-state index contributed by atoms with van der Waals surface area (Å²) in [6.07, 6.45) is 29.8. The topological polar surface area (TPSA) is 136 Å². The molecule has 0 bridgehead atoms. The van der Waals surface area contributed by atoms with Gasteiger partial charge >= 0.3 is 24.1 Å². The fraction of sp³-hybridized carbons (Fsp3) is 0.922. The van der Waals surface area contributed by atoms with E-state index < -0.39 is 24.3 Å². The van der Waals surface area contributed by atoms with Gasteiger partial charge in [-0.3, -0.25) is 14.4 Å². The molecule has 0 aromatic heterocycles. The first kappa shape index (κ1) is 58.6. The van der Waals surface area contributed by atoms with E-state index in [1.54, 1.807) is 0 Å². The zero-order valence-electron chi connectivity index (χ0n) is 41.0. The lowest BCUT2D eigenvalue weighted by atomic mass is 10.00. The number of piperidine rings is 1. The van der Waals surface area contributed by atoms with E-state index in [2.05, 4.69) is 32.7 Å². The van der Waals surface area contributed by atoms with Crippen LogP contribution in [0.1, 0.15) is 220 Å². The number of ether oxygens (including phenoxy) is 7. The van der Waals surface area contributed by atoms with E-state index >= 15 is 0 Å². The molecule has 12 heteroatoms. The molecule has 1 fully saturated rings. The van der Waals surface area contributed by atoms with Crippen LogP contribution in [0.25, 0.3) is 0 Å². The van der Waals surface area contributed by atoms with Crippen molar-refractivity contribution in [2.75, 3.05) is 66.4 Å². The molecule has 1 saturated heterocycles. The molecule has 63 heavy (non-hydrogen) atoms. The Labute approximate surface area is 384 Å². The third-order valence-corrected chi connectivity index (χ3v) is 11.8. The van der Waals surface area contributed by atoms with Crippen LogP contribution < -0.4 is 0 Å². The summed E-state index contributed by atoms with van der Waals surface area (Å²) in [5.74, 6) is -1.18. The number of unbranched alkanes of at least 4 members (excludes halogenated alkanes) is 21. The summed E-state index contributed by atoms with van der Waals surface area (Å²) in [4.78, 5) is 52.5. The Bertz CT molecular complexity index is 1070. The molecule has 12 nitrogen and oxygen atoms in total. The molecular weight excluding hydrogens is 803 g/mol. The number of hydrogen-bond acceptors (Lipinski definition) is 12. The first-order valence-corrected chi connectivity index (χ1v) is 25.9. The van der Waals surface area contributed by atoms with Crippen LogP contribution in [0.3, 0.4) is 0 Å². The average Bonchev–Trinajstić information content (AvgIpc) is 3.27. The molecule has 1 aliphatic rings. The summed E-state index contributed by atoms with van der Waals surface area (Å²) < 4.78 is 39.7. The van der Waals surface area contributed by atoms with Gasteiger partial charge in [0, 0.05) is 44.9 Å². The summed E-state index contributed by atoms with van der Waals surface area (Å²) in [6.45, 7) is 10.3. The van der Waals surface area contributed by atoms with Crippen molar-refractivity contribution in [3.05, 3.63) is 0 Å². The molecule has 0 aromatic carbocycles. The van der Waals surface area contributed by atoms with Gasteiger partial charge in [0.05, 0.1) is 25.6 Å². The monoisotopic (exact) mass is 898 g/mol. The number of hydrogen-bond donors (Lipinski definition) is 0. The van der Waals surface area contributed by atoms with E-state index in [1.165, 1.54) is 89.9 Å². The first-order chi connectivity index (χ1) is 30.8. The molecule has 0 saturated carbocycles. The summed E-state index contributed by atoms with van der Waals surface area (Å²) in [5.41, 5.74) is 0. The van der Waals surface area contributed by atoms with Gasteiger partial charge in [-0.05, 0) is 58.5 Å². The molecule has 0 radical (unpaired) electrons. The van der Waals surface area contributed by atoms with E-state index in [-0.39, 0.29) is 57.1 Å². The second-order valence-electron chi connectivity index (χ2n) is 18.1. The lowest BCUT2D eigenvalue weighted by molar-refractivity contribution is -0.161. The molecule has 1 aliphatic heterocycles. The van der Waals surface area contributed by atoms with Crippen molar-refractivity contribution in [2.24, 2.45) is 11.8 Å². The lowest BCUT2D eigenvalue weighted by Gasteiger charge is -2.29. The van der Waals surface area contributed by atoms with Gasteiger partial charge < -0.3 is 38.1 Å². The maximum Gasteiger partial charge on any atom is 0.508 e. The van der Waals surface area contributed by atoms with Gasteiger partial charge in [0.1, 0.15) is 19.8 Å². The minimum atomic E-state index is -0.782. The largest absolute Gasteiger partial charge is 0.508 e. The standard InChI is InChI=1S/C51H95NO11/c1-5-8-11-14-17-18-24-27-37-57-47(53)32-25-20-19-21-26-33-48(54)60-42-46(44-63-51(56)62-41-45-31-30-36-52(4)40-45)43-61-49(55)34-35-50(58-38-28-22-15-12-9-6-2)59-39-29-23-16-13-10-7-3/h45-46,50H,5-44H2,1-4H3. The molecule has 1 rings (SSSR count). The van der Waals surface area contributed by atoms with Gasteiger partial charge in [0.15, 0.2) is 6.29 Å². The Morgan fingerprint density at radius 3 is 1.43 bits per heavy atom. The van der Waals surface area contributed by atoms with Crippen molar-refractivity contribution in [1.82, 2.24) is 4.90 Å². The van der Waals surface area contributed by atoms with Crippen molar-refractivity contribution in [1.29, 1.82) is 0 Å². The van der Waals surface area contributed by atoms with E-state index in [0.29, 0.717) is 39.1 Å². The smallest absolute Gasteiger partial charge is 0.466 e. The van der Waals surface area contributed by atoms with Crippen LogP contribution in [0.5, 0.6) is 0 Å². The zero-order chi connectivity index (χ0) is 45.9. The van der Waals surface area contributed by atoms with Gasteiger partial charge in [0.25, 0.3) is 0 Å². The summed E-state index contributed by atoms with van der Waals surface area (Å²) >= 11 is 0. The highest BCUT2D eigenvalue weighted by molar-refractivity contribution is 5.70. The zero-order valence-corrected chi connectivity index (χ0v) is 41.0. The van der Waals surface area contributed by atoms with Crippen LogP contribution in [-0.4, -0.2) is 102 Å². The summed E-state index contributed by atoms with van der Waals surface area (Å²) in [6, 6.07) is 0. The second-order valence-corrected chi connectivity index (χ2v) is 18.1. The van der Waals surface area contributed by atoms with Gasteiger partial charge in [-0.1, -0.05) is 149 Å². The van der Waals surface area contributed by atoms with Crippen LogP contribution in [0.15, 0.2) is 0 Å². The molecule has 0 aromatic rings. The number of rotatable bonds is 44. The van der Waals surface area contributed by atoms with E-state index in [0.717, 1.165) is 90.1 Å². The predicted molar refractivity (Wildman–Crippen MR) is 250 cm³/mol. The van der Waals surface area contributed by atoms with E-state index in [9.17, 15) is 19.2 Å². The van der Waals surface area contributed by atoms with Crippen LogP contribution in [0, 0.1) is 11.8 Å². The molecular formula is C51H95NO11. The van der Waals surface area contributed by atoms with Crippen molar-refractivity contribution in [3.8, 4) is 0 Å². The van der Waals surface area contributed by atoms with Crippen molar-refractivity contribution >= 4 is 24.1 Å². The number of carbonyl (C=O) groups is 4. The van der Waals surface area contributed by atoms with Gasteiger partial charge in [0.2, 0.25) is 0 Å². The number of esters is 3. The molecule has 0 amide bonds. The Morgan fingerprint density at radius 1 is 0.492 bits per heavy atom. The average molecular weight is 898 g/mol. The SMILES string of the molecule is CCCCCCCCCCOC(=O)CCCCCCCC(=O)OCC(COC(=O)CCC(OCCCCCCCC)OCCCCCCCC)COC(=O)OCC1CCCN(C)C1. The third kappa shape index (κ3) is 38.5. The second kappa shape index (κ2) is 43.5. The number of likely N-dealkylation sites (tertiary alicyclic amines) is 1. The Balaban J connectivity index is 2.49. The molecule has 0 spiro atoms. The Morgan fingerprint density at radius 2 is 0.921 bits per heavy atom. The first-order valence-electron chi connectivity index (χ1n) is 25.9. The molecule has 0 aliphatic carbocycles.